The van der Waals surface area contributed by atoms with E-state index in [4.69, 9.17) is 10.8 Å². The summed E-state index contributed by atoms with van der Waals surface area (Å²) in [4.78, 5) is 30.4. The maximum atomic E-state index is 11.8. The van der Waals surface area contributed by atoms with Crippen LogP contribution in [-0.2, 0) is 22.4 Å². The van der Waals surface area contributed by atoms with Gasteiger partial charge in [-0.1, -0.05) is 0 Å². The highest BCUT2D eigenvalue weighted by Gasteiger charge is 2.06. The number of carbonyl (C=O) groups excluding carboxylic acids is 1. The van der Waals surface area contributed by atoms with Crippen molar-refractivity contribution in [3.05, 3.63) is 48.0 Å². The van der Waals surface area contributed by atoms with Crippen LogP contribution in [-0.4, -0.2) is 27.0 Å². The lowest BCUT2D eigenvalue weighted by atomic mass is 10.2. The van der Waals surface area contributed by atoms with Gasteiger partial charge in [-0.05, 0) is 24.3 Å². The molecule has 108 valence electrons. The van der Waals surface area contributed by atoms with Crippen molar-refractivity contribution in [2.45, 2.75) is 12.8 Å². The fraction of sp³-hybridized carbons (Fsp3) is 0.143. The zero-order valence-electron chi connectivity index (χ0n) is 11.1. The Hall–Kier alpha value is -2.96. The monoisotopic (exact) mass is 286 g/mol. The molecule has 0 saturated carbocycles. The number of carbonyl (C=O) groups is 2. The highest BCUT2D eigenvalue weighted by Crippen LogP contribution is 2.08. The number of aromatic nitrogens is 2. The van der Waals surface area contributed by atoms with Gasteiger partial charge in [0.25, 0.3) is 0 Å². The van der Waals surface area contributed by atoms with Crippen LogP contribution in [0, 0.1) is 0 Å². The molecule has 7 nitrogen and oxygen atoms in total. The molecule has 1 amide bonds. The molecule has 0 spiro atoms. The zero-order chi connectivity index (χ0) is 15.2. The summed E-state index contributed by atoms with van der Waals surface area (Å²) < 4.78 is 0. The van der Waals surface area contributed by atoms with Crippen molar-refractivity contribution >= 4 is 23.3 Å². The molecule has 0 aromatic carbocycles. The van der Waals surface area contributed by atoms with Crippen LogP contribution in [0.2, 0.25) is 0 Å². The van der Waals surface area contributed by atoms with Crippen molar-refractivity contribution in [2.24, 2.45) is 0 Å². The summed E-state index contributed by atoms with van der Waals surface area (Å²) in [6.45, 7) is 0. The molecule has 0 atom stereocenters. The topological polar surface area (TPSA) is 118 Å². The Kier molecular flexibility index (Phi) is 4.45. The summed E-state index contributed by atoms with van der Waals surface area (Å²) in [6, 6.07) is 6.53. The first-order valence-corrected chi connectivity index (χ1v) is 6.20. The summed E-state index contributed by atoms with van der Waals surface area (Å²) in [5.74, 6) is -1.19. The van der Waals surface area contributed by atoms with Gasteiger partial charge in [-0.3, -0.25) is 19.6 Å². The molecule has 0 bridgehead atoms. The number of amides is 1. The summed E-state index contributed by atoms with van der Waals surface area (Å²) in [6.07, 6.45) is 2.89. The third kappa shape index (κ3) is 4.57. The summed E-state index contributed by atoms with van der Waals surface area (Å²) in [7, 11) is 0. The Morgan fingerprint density at radius 1 is 1.05 bits per heavy atom. The third-order valence-electron chi connectivity index (χ3n) is 2.63. The molecular formula is C14H14N4O3. The molecule has 7 heteroatoms. The molecule has 2 rings (SSSR count). The van der Waals surface area contributed by atoms with Crippen molar-refractivity contribution in [2.75, 3.05) is 11.1 Å². The minimum Gasteiger partial charge on any atom is -0.481 e. The standard InChI is InChI=1S/C14H14N4O3/c15-9-1-2-10(16-7-9)5-13(19)18-12-4-3-11(17-8-12)6-14(20)21/h1-4,7-8H,5-6,15H2,(H,18,19)(H,20,21). The average molecular weight is 286 g/mol. The van der Waals surface area contributed by atoms with Gasteiger partial charge in [0.1, 0.15) is 0 Å². The predicted octanol–water partition coefficient (Wildman–Crippen LogP) is 0.867. The van der Waals surface area contributed by atoms with E-state index >= 15 is 0 Å². The normalized spacial score (nSPS) is 10.1. The van der Waals surface area contributed by atoms with Gasteiger partial charge in [-0.2, -0.15) is 0 Å². The van der Waals surface area contributed by atoms with E-state index in [-0.39, 0.29) is 18.7 Å². The Labute approximate surface area is 120 Å². The number of hydrogen-bond donors (Lipinski definition) is 3. The van der Waals surface area contributed by atoms with Crippen LogP contribution in [0.15, 0.2) is 36.7 Å². The van der Waals surface area contributed by atoms with Crippen LogP contribution in [0.4, 0.5) is 11.4 Å². The second-order valence-electron chi connectivity index (χ2n) is 4.42. The lowest BCUT2D eigenvalue weighted by Crippen LogP contribution is -2.15. The van der Waals surface area contributed by atoms with Gasteiger partial charge in [-0.25, -0.2) is 0 Å². The first-order chi connectivity index (χ1) is 10.0. The van der Waals surface area contributed by atoms with E-state index in [0.29, 0.717) is 22.8 Å². The van der Waals surface area contributed by atoms with Gasteiger partial charge in [0.2, 0.25) is 5.91 Å². The molecule has 0 aliphatic carbocycles. The van der Waals surface area contributed by atoms with Crippen LogP contribution >= 0.6 is 0 Å². The second-order valence-corrected chi connectivity index (χ2v) is 4.42. The summed E-state index contributed by atoms with van der Waals surface area (Å²) >= 11 is 0. The van der Waals surface area contributed by atoms with Crippen molar-refractivity contribution in [1.82, 2.24) is 9.97 Å². The summed E-state index contributed by atoms with van der Waals surface area (Å²) in [5.41, 5.74) is 7.60. The number of nitrogens with two attached hydrogens (primary N) is 1. The van der Waals surface area contributed by atoms with Gasteiger partial charge < -0.3 is 16.2 Å². The fourth-order valence-electron chi connectivity index (χ4n) is 1.67. The molecule has 21 heavy (non-hydrogen) atoms. The third-order valence-corrected chi connectivity index (χ3v) is 2.63. The van der Waals surface area contributed by atoms with Gasteiger partial charge in [0.05, 0.1) is 42.3 Å². The highest BCUT2D eigenvalue weighted by atomic mass is 16.4. The number of carboxylic acid groups (broad SMARTS) is 1. The van der Waals surface area contributed by atoms with E-state index in [0.717, 1.165) is 0 Å². The summed E-state index contributed by atoms with van der Waals surface area (Å²) in [5, 5.41) is 11.3. The number of carboxylic acids is 1. The predicted molar refractivity (Wildman–Crippen MR) is 76.6 cm³/mol. The molecule has 0 radical (unpaired) electrons. The van der Waals surface area contributed by atoms with Crippen LogP contribution in [0.25, 0.3) is 0 Å². The average Bonchev–Trinajstić information content (AvgIpc) is 2.43. The van der Waals surface area contributed by atoms with Crippen molar-refractivity contribution in [3.8, 4) is 0 Å². The first kappa shape index (κ1) is 14.4. The number of aliphatic carboxylic acids is 1. The molecule has 0 aliphatic rings. The number of nitrogens with one attached hydrogen (secondary N) is 1. The Morgan fingerprint density at radius 2 is 1.71 bits per heavy atom. The molecule has 0 fully saturated rings. The van der Waals surface area contributed by atoms with Gasteiger partial charge in [-0.15, -0.1) is 0 Å². The fourth-order valence-corrected chi connectivity index (χ4v) is 1.67. The molecule has 4 N–H and O–H groups in total. The first-order valence-electron chi connectivity index (χ1n) is 6.20. The maximum absolute atomic E-state index is 11.8. The van der Waals surface area contributed by atoms with Crippen molar-refractivity contribution in [1.29, 1.82) is 0 Å². The molecule has 0 unspecified atom stereocenters. The smallest absolute Gasteiger partial charge is 0.309 e. The maximum Gasteiger partial charge on any atom is 0.309 e. The number of nitrogen functional groups attached to an aromatic ring is 1. The molecule has 2 aromatic rings. The zero-order valence-corrected chi connectivity index (χ0v) is 11.1. The molecule has 0 saturated heterocycles. The Balaban J connectivity index is 1.93. The molecule has 2 aromatic heterocycles. The number of anilines is 2. The van der Waals surface area contributed by atoms with Gasteiger partial charge >= 0.3 is 5.97 Å². The van der Waals surface area contributed by atoms with Crippen LogP contribution in [0.5, 0.6) is 0 Å². The minimum atomic E-state index is -0.950. The molecular weight excluding hydrogens is 272 g/mol. The van der Waals surface area contributed by atoms with E-state index in [1.807, 2.05) is 0 Å². The van der Waals surface area contributed by atoms with E-state index in [9.17, 15) is 9.59 Å². The number of hydrogen-bond acceptors (Lipinski definition) is 5. The van der Waals surface area contributed by atoms with Crippen LogP contribution in [0.1, 0.15) is 11.4 Å². The highest BCUT2D eigenvalue weighted by molar-refractivity contribution is 5.91. The largest absolute Gasteiger partial charge is 0.481 e. The van der Waals surface area contributed by atoms with Crippen LogP contribution in [0.3, 0.4) is 0 Å². The van der Waals surface area contributed by atoms with E-state index in [1.54, 1.807) is 24.3 Å². The van der Waals surface area contributed by atoms with Crippen LogP contribution < -0.4 is 11.1 Å². The van der Waals surface area contributed by atoms with Gasteiger partial charge in [0.15, 0.2) is 0 Å². The van der Waals surface area contributed by atoms with Crippen molar-refractivity contribution < 1.29 is 14.7 Å². The lowest BCUT2D eigenvalue weighted by Gasteiger charge is -2.05. The van der Waals surface area contributed by atoms with E-state index in [2.05, 4.69) is 15.3 Å². The van der Waals surface area contributed by atoms with E-state index in [1.165, 1.54) is 12.4 Å². The molecule has 0 aliphatic heterocycles. The minimum absolute atomic E-state index is 0.122. The number of rotatable bonds is 5. The number of nitrogens with zero attached hydrogens (tertiary/aromatic N) is 2. The Bertz CT molecular complexity index is 638. The second kappa shape index (κ2) is 6.47. The number of pyridine rings is 2. The Morgan fingerprint density at radius 3 is 2.29 bits per heavy atom. The molecule has 2 heterocycles. The lowest BCUT2D eigenvalue weighted by molar-refractivity contribution is -0.136. The van der Waals surface area contributed by atoms with E-state index < -0.39 is 5.97 Å². The SMILES string of the molecule is Nc1ccc(CC(=O)Nc2ccc(CC(=O)O)nc2)nc1. The quantitative estimate of drug-likeness (QED) is 0.750. The van der Waals surface area contributed by atoms with Crippen molar-refractivity contribution in [3.63, 3.8) is 0 Å². The van der Waals surface area contributed by atoms with Gasteiger partial charge in [0, 0.05) is 5.69 Å².